The lowest BCUT2D eigenvalue weighted by atomic mass is 10.1. The molecule has 1 aromatic heterocycles. The zero-order valence-electron chi connectivity index (χ0n) is 12.2. The number of anilines is 1. The minimum absolute atomic E-state index is 0.127. The van der Waals surface area contributed by atoms with Gasteiger partial charge in [0.15, 0.2) is 0 Å². The van der Waals surface area contributed by atoms with Crippen molar-refractivity contribution in [2.24, 2.45) is 5.92 Å². The molecule has 0 aromatic carbocycles. The van der Waals surface area contributed by atoms with E-state index in [-0.39, 0.29) is 12.1 Å². The molecule has 4 heteroatoms. The van der Waals surface area contributed by atoms with Crippen molar-refractivity contribution in [2.45, 2.75) is 39.3 Å². The van der Waals surface area contributed by atoms with Gasteiger partial charge in [0.1, 0.15) is 5.82 Å². The first-order valence-corrected chi connectivity index (χ1v) is 7.04. The van der Waals surface area contributed by atoms with Gasteiger partial charge in [-0.25, -0.2) is 4.98 Å². The molecule has 2 heterocycles. The van der Waals surface area contributed by atoms with Gasteiger partial charge in [-0.15, -0.1) is 0 Å². The lowest BCUT2D eigenvalue weighted by Crippen LogP contribution is -2.35. The highest BCUT2D eigenvalue weighted by molar-refractivity contribution is 5.40. The minimum atomic E-state index is 0.127. The fourth-order valence-electron chi connectivity index (χ4n) is 2.27. The van der Waals surface area contributed by atoms with Gasteiger partial charge in [-0.2, -0.15) is 0 Å². The summed E-state index contributed by atoms with van der Waals surface area (Å²) in [4.78, 5) is 6.79. The number of hydrogen-bond donors (Lipinski definition) is 2. The Bertz CT molecular complexity index is 397. The van der Waals surface area contributed by atoms with Crippen molar-refractivity contribution in [3.8, 4) is 0 Å². The van der Waals surface area contributed by atoms with E-state index in [0.717, 1.165) is 31.9 Å². The molecule has 106 valence electrons. The Hall–Kier alpha value is -1.13. The monoisotopic (exact) mass is 263 g/mol. The summed E-state index contributed by atoms with van der Waals surface area (Å²) in [7, 11) is 0. The van der Waals surface area contributed by atoms with E-state index in [1.54, 1.807) is 0 Å². The van der Waals surface area contributed by atoms with E-state index in [2.05, 4.69) is 48.1 Å². The second-order valence-corrected chi connectivity index (χ2v) is 6.41. The maximum atomic E-state index is 9.17. The van der Waals surface area contributed by atoms with E-state index in [4.69, 9.17) is 5.11 Å². The highest BCUT2D eigenvalue weighted by Gasteiger charge is 2.22. The van der Waals surface area contributed by atoms with E-state index < -0.39 is 0 Å². The van der Waals surface area contributed by atoms with Crippen molar-refractivity contribution >= 4 is 5.82 Å². The molecule has 0 saturated carbocycles. The van der Waals surface area contributed by atoms with Crippen LogP contribution in [0.2, 0.25) is 0 Å². The lowest BCUT2D eigenvalue weighted by Gasteiger charge is -2.21. The summed E-state index contributed by atoms with van der Waals surface area (Å²) in [6.45, 7) is 9.53. The first-order valence-electron chi connectivity index (χ1n) is 7.04. The average Bonchev–Trinajstić information content (AvgIpc) is 2.85. The summed E-state index contributed by atoms with van der Waals surface area (Å²) in [6.07, 6.45) is 3.01. The number of nitrogens with zero attached hydrogens (tertiary/aromatic N) is 2. The van der Waals surface area contributed by atoms with Crippen molar-refractivity contribution in [2.75, 3.05) is 24.6 Å². The number of aromatic nitrogens is 1. The Kier molecular flexibility index (Phi) is 4.42. The van der Waals surface area contributed by atoms with E-state index in [1.807, 2.05) is 6.20 Å². The number of nitrogens with one attached hydrogen (secondary N) is 1. The average molecular weight is 263 g/mol. The Morgan fingerprint density at radius 2 is 2.21 bits per heavy atom. The molecule has 1 saturated heterocycles. The highest BCUT2D eigenvalue weighted by atomic mass is 16.3. The summed E-state index contributed by atoms with van der Waals surface area (Å²) in [6, 6.07) is 4.22. The summed E-state index contributed by atoms with van der Waals surface area (Å²) in [5.41, 5.74) is 1.33. The number of pyridine rings is 1. The SMILES string of the molecule is CC(C)(C)NCc1ccc(N2CCC(CO)C2)nc1. The molecule has 1 atom stereocenters. The van der Waals surface area contributed by atoms with E-state index >= 15 is 0 Å². The third kappa shape index (κ3) is 4.18. The fraction of sp³-hybridized carbons (Fsp3) is 0.667. The largest absolute Gasteiger partial charge is 0.396 e. The van der Waals surface area contributed by atoms with Crippen LogP contribution in [0.15, 0.2) is 18.3 Å². The molecule has 1 unspecified atom stereocenters. The van der Waals surface area contributed by atoms with Crippen LogP contribution in [0.25, 0.3) is 0 Å². The van der Waals surface area contributed by atoms with E-state index in [1.165, 1.54) is 5.56 Å². The van der Waals surface area contributed by atoms with Crippen molar-refractivity contribution in [1.82, 2.24) is 10.3 Å². The van der Waals surface area contributed by atoms with Gasteiger partial charge in [-0.3, -0.25) is 0 Å². The van der Waals surface area contributed by atoms with Crippen LogP contribution >= 0.6 is 0 Å². The molecule has 19 heavy (non-hydrogen) atoms. The topological polar surface area (TPSA) is 48.4 Å². The van der Waals surface area contributed by atoms with Gasteiger partial charge in [0.2, 0.25) is 0 Å². The van der Waals surface area contributed by atoms with Crippen LogP contribution in [0, 0.1) is 5.92 Å². The molecule has 0 radical (unpaired) electrons. The molecule has 0 spiro atoms. The molecule has 0 bridgehead atoms. The second kappa shape index (κ2) is 5.88. The van der Waals surface area contributed by atoms with Crippen molar-refractivity contribution < 1.29 is 5.11 Å². The molecular weight excluding hydrogens is 238 g/mol. The number of aliphatic hydroxyl groups is 1. The number of rotatable bonds is 4. The van der Waals surface area contributed by atoms with Crippen LogP contribution in [-0.2, 0) is 6.54 Å². The maximum Gasteiger partial charge on any atom is 0.128 e. The fourth-order valence-corrected chi connectivity index (χ4v) is 2.27. The maximum absolute atomic E-state index is 9.17. The second-order valence-electron chi connectivity index (χ2n) is 6.41. The lowest BCUT2D eigenvalue weighted by molar-refractivity contribution is 0.238. The molecule has 1 aromatic rings. The first kappa shape index (κ1) is 14.3. The quantitative estimate of drug-likeness (QED) is 0.869. The molecule has 2 N–H and O–H groups in total. The summed E-state index contributed by atoms with van der Waals surface area (Å²) in [5, 5.41) is 12.6. The third-order valence-electron chi connectivity index (χ3n) is 3.50. The normalized spacial score (nSPS) is 20.0. The number of hydrogen-bond acceptors (Lipinski definition) is 4. The van der Waals surface area contributed by atoms with Gasteiger partial charge in [-0.1, -0.05) is 6.07 Å². The van der Waals surface area contributed by atoms with E-state index in [0.29, 0.717) is 5.92 Å². The standard InChI is InChI=1S/C15H25N3O/c1-15(2,3)17-9-12-4-5-14(16-8-12)18-7-6-13(10-18)11-19/h4-5,8,13,17,19H,6-7,9-11H2,1-3H3. The molecule has 0 amide bonds. The molecule has 1 fully saturated rings. The summed E-state index contributed by atoms with van der Waals surface area (Å²) in [5.74, 6) is 1.43. The molecule has 0 aliphatic carbocycles. The summed E-state index contributed by atoms with van der Waals surface area (Å²) >= 11 is 0. The smallest absolute Gasteiger partial charge is 0.128 e. The Labute approximate surface area is 115 Å². The summed E-state index contributed by atoms with van der Waals surface area (Å²) < 4.78 is 0. The minimum Gasteiger partial charge on any atom is -0.396 e. The van der Waals surface area contributed by atoms with Gasteiger partial charge < -0.3 is 15.3 Å². The van der Waals surface area contributed by atoms with Crippen molar-refractivity contribution in [3.05, 3.63) is 23.9 Å². The molecule has 1 aliphatic heterocycles. The van der Waals surface area contributed by atoms with Crippen molar-refractivity contribution in [3.63, 3.8) is 0 Å². The van der Waals surface area contributed by atoms with Gasteiger partial charge >= 0.3 is 0 Å². The van der Waals surface area contributed by atoms with Crippen LogP contribution < -0.4 is 10.2 Å². The first-order chi connectivity index (χ1) is 8.98. The van der Waals surface area contributed by atoms with E-state index in [9.17, 15) is 0 Å². The number of aliphatic hydroxyl groups excluding tert-OH is 1. The van der Waals surface area contributed by atoms with Gasteiger partial charge in [-0.05, 0) is 38.8 Å². The molecule has 2 rings (SSSR count). The van der Waals surface area contributed by atoms with Crippen LogP contribution in [0.4, 0.5) is 5.82 Å². The highest BCUT2D eigenvalue weighted by Crippen LogP contribution is 2.21. The van der Waals surface area contributed by atoms with Gasteiger partial charge in [0.25, 0.3) is 0 Å². The molecule has 1 aliphatic rings. The molecule has 4 nitrogen and oxygen atoms in total. The Morgan fingerprint density at radius 1 is 1.42 bits per heavy atom. The Balaban J connectivity index is 1.92. The zero-order valence-corrected chi connectivity index (χ0v) is 12.2. The Morgan fingerprint density at radius 3 is 2.74 bits per heavy atom. The van der Waals surface area contributed by atoms with Gasteiger partial charge in [0, 0.05) is 43.9 Å². The molecular formula is C15H25N3O. The predicted octanol–water partition coefficient (Wildman–Crippen LogP) is 1.79. The third-order valence-corrected chi connectivity index (χ3v) is 3.50. The zero-order chi connectivity index (χ0) is 13.9. The van der Waals surface area contributed by atoms with Gasteiger partial charge in [0.05, 0.1) is 0 Å². The van der Waals surface area contributed by atoms with Crippen LogP contribution in [-0.4, -0.2) is 35.3 Å². The van der Waals surface area contributed by atoms with Crippen LogP contribution in [0.1, 0.15) is 32.8 Å². The van der Waals surface area contributed by atoms with Crippen LogP contribution in [0.3, 0.4) is 0 Å². The predicted molar refractivity (Wildman–Crippen MR) is 78.2 cm³/mol. The van der Waals surface area contributed by atoms with Crippen LogP contribution in [0.5, 0.6) is 0 Å². The van der Waals surface area contributed by atoms with Crippen molar-refractivity contribution in [1.29, 1.82) is 0 Å².